The molecule has 154 valence electrons. The van der Waals surface area contributed by atoms with Crippen LogP contribution in [-0.4, -0.2) is 33.4 Å². The average Bonchev–Trinajstić information content (AvgIpc) is 3.43. The van der Waals surface area contributed by atoms with Gasteiger partial charge in [0.15, 0.2) is 5.65 Å². The zero-order chi connectivity index (χ0) is 20.9. The molecular weight excluding hydrogens is 395 g/mol. The molecule has 2 aliphatic rings. The molecule has 0 atom stereocenters. The minimum Gasteiger partial charge on any atom is -0.493 e. The quantitative estimate of drug-likeness (QED) is 0.496. The molecule has 0 saturated carbocycles. The monoisotopic (exact) mass is 414 g/mol. The summed E-state index contributed by atoms with van der Waals surface area (Å²) in [6, 6.07) is 10.7. The van der Waals surface area contributed by atoms with Crippen molar-refractivity contribution in [1.82, 2.24) is 14.4 Å². The molecule has 0 saturated heterocycles. The van der Waals surface area contributed by atoms with Crippen molar-refractivity contribution in [2.45, 2.75) is 19.3 Å². The zero-order valence-electron chi connectivity index (χ0n) is 16.7. The van der Waals surface area contributed by atoms with E-state index in [-0.39, 0.29) is 11.7 Å². The lowest BCUT2D eigenvalue weighted by Crippen LogP contribution is -2.36. The minimum absolute atomic E-state index is 0.198. The van der Waals surface area contributed by atoms with E-state index in [1.54, 1.807) is 29.6 Å². The van der Waals surface area contributed by atoms with Crippen LogP contribution < -0.4 is 9.64 Å². The van der Waals surface area contributed by atoms with Crippen molar-refractivity contribution < 1.29 is 13.9 Å². The first kappa shape index (κ1) is 18.1. The highest BCUT2D eigenvalue weighted by Gasteiger charge is 2.25. The predicted octanol–water partition coefficient (Wildman–Crippen LogP) is 4.06. The van der Waals surface area contributed by atoms with Crippen molar-refractivity contribution in [1.29, 1.82) is 0 Å². The van der Waals surface area contributed by atoms with E-state index in [0.717, 1.165) is 47.5 Å². The van der Waals surface area contributed by atoms with Crippen LogP contribution in [0.2, 0.25) is 0 Å². The second-order valence-corrected chi connectivity index (χ2v) is 7.90. The van der Waals surface area contributed by atoms with Gasteiger partial charge in [-0.15, -0.1) is 0 Å². The Kier molecular flexibility index (Phi) is 4.02. The van der Waals surface area contributed by atoms with E-state index < -0.39 is 0 Å². The van der Waals surface area contributed by atoms with Crippen molar-refractivity contribution >= 4 is 17.2 Å². The zero-order valence-corrected chi connectivity index (χ0v) is 16.7. The topological polar surface area (TPSA) is 59.7 Å². The number of carbonyl (C=O) groups excluding carboxylic acids is 1. The third-order valence-electron chi connectivity index (χ3n) is 6.01. The Morgan fingerprint density at radius 3 is 2.90 bits per heavy atom. The number of ether oxygens (including phenoxy) is 1. The van der Waals surface area contributed by atoms with Gasteiger partial charge in [0, 0.05) is 30.4 Å². The highest BCUT2D eigenvalue weighted by atomic mass is 19.1. The molecule has 0 aliphatic carbocycles. The van der Waals surface area contributed by atoms with Gasteiger partial charge in [-0.3, -0.25) is 9.20 Å². The molecule has 0 spiro atoms. The fourth-order valence-electron chi connectivity index (χ4n) is 4.47. The summed E-state index contributed by atoms with van der Waals surface area (Å²) in [6.07, 6.45) is 7.58. The van der Waals surface area contributed by atoms with Gasteiger partial charge < -0.3 is 9.64 Å². The second kappa shape index (κ2) is 6.91. The smallest absolute Gasteiger partial charge is 0.278 e. The first-order valence-corrected chi connectivity index (χ1v) is 10.4. The molecule has 4 aromatic rings. The van der Waals surface area contributed by atoms with Crippen LogP contribution in [0.3, 0.4) is 0 Å². The number of benzene rings is 2. The Morgan fingerprint density at radius 1 is 1.03 bits per heavy atom. The number of carbonyl (C=O) groups is 1. The third-order valence-corrected chi connectivity index (χ3v) is 6.01. The normalized spacial score (nSPS) is 14.9. The molecule has 0 fully saturated rings. The van der Waals surface area contributed by atoms with Crippen molar-refractivity contribution in [2.24, 2.45) is 0 Å². The lowest BCUT2D eigenvalue weighted by molar-refractivity contribution is 0.0980. The Labute approximate surface area is 177 Å². The number of amides is 1. The van der Waals surface area contributed by atoms with Gasteiger partial charge in [0.1, 0.15) is 17.3 Å². The molecule has 7 heteroatoms. The molecule has 4 heterocycles. The van der Waals surface area contributed by atoms with E-state index in [1.165, 1.54) is 17.7 Å². The molecule has 2 aliphatic heterocycles. The fourth-order valence-corrected chi connectivity index (χ4v) is 4.47. The van der Waals surface area contributed by atoms with Gasteiger partial charge in [0.25, 0.3) is 5.91 Å². The van der Waals surface area contributed by atoms with E-state index in [9.17, 15) is 9.18 Å². The molecular formula is C24H19FN4O2. The largest absolute Gasteiger partial charge is 0.493 e. The van der Waals surface area contributed by atoms with Gasteiger partial charge in [-0.05, 0) is 60.4 Å². The fraction of sp³-hybridized carbons (Fsp3) is 0.208. The van der Waals surface area contributed by atoms with Crippen LogP contribution in [0.5, 0.6) is 5.75 Å². The summed E-state index contributed by atoms with van der Waals surface area (Å²) in [7, 11) is 0. The number of imidazole rings is 1. The summed E-state index contributed by atoms with van der Waals surface area (Å²) in [5, 5.41) is 0. The van der Waals surface area contributed by atoms with Gasteiger partial charge in [-0.2, -0.15) is 0 Å². The maximum absolute atomic E-state index is 13.6. The Hall–Kier alpha value is -3.74. The van der Waals surface area contributed by atoms with E-state index in [2.05, 4.69) is 16.0 Å². The number of rotatable bonds is 2. The SMILES string of the molecule is O=C(c1cn2c(-c3ccc4c(c3)CCO4)cnc2cn1)N1CCCc2cc(F)ccc21. The first-order valence-electron chi connectivity index (χ1n) is 10.4. The summed E-state index contributed by atoms with van der Waals surface area (Å²) in [6.45, 7) is 1.29. The van der Waals surface area contributed by atoms with E-state index in [4.69, 9.17) is 4.74 Å². The Balaban J connectivity index is 1.40. The summed E-state index contributed by atoms with van der Waals surface area (Å²) in [4.78, 5) is 23.8. The van der Waals surface area contributed by atoms with Gasteiger partial charge >= 0.3 is 0 Å². The summed E-state index contributed by atoms with van der Waals surface area (Å²) >= 11 is 0. The highest BCUT2D eigenvalue weighted by Crippen LogP contribution is 2.32. The van der Waals surface area contributed by atoms with Crippen molar-refractivity contribution in [3.05, 3.63) is 77.6 Å². The maximum atomic E-state index is 13.6. The van der Waals surface area contributed by atoms with Crippen molar-refractivity contribution in [2.75, 3.05) is 18.1 Å². The maximum Gasteiger partial charge on any atom is 0.278 e. The van der Waals surface area contributed by atoms with Gasteiger partial charge in [-0.25, -0.2) is 14.4 Å². The van der Waals surface area contributed by atoms with Crippen LogP contribution in [-0.2, 0) is 12.8 Å². The molecule has 0 unspecified atom stereocenters. The molecule has 1 amide bonds. The molecule has 2 aromatic carbocycles. The standard InChI is InChI=1S/C24H19FN4O2/c25-18-4-5-20-15(11-18)2-1-8-28(20)24(30)19-14-29-21(12-27-23(29)13-26-19)16-3-6-22-17(10-16)7-9-31-22/h3-6,10-14H,1-2,7-9H2. The van der Waals surface area contributed by atoms with Crippen LogP contribution in [0.4, 0.5) is 10.1 Å². The van der Waals surface area contributed by atoms with Crippen LogP contribution in [0.1, 0.15) is 28.0 Å². The third kappa shape index (κ3) is 2.96. The number of nitrogens with zero attached hydrogens (tertiary/aromatic N) is 4. The summed E-state index contributed by atoms with van der Waals surface area (Å²) in [5.41, 5.74) is 5.68. The molecule has 31 heavy (non-hydrogen) atoms. The van der Waals surface area contributed by atoms with Gasteiger partial charge in [0.05, 0.1) is 24.7 Å². The van der Waals surface area contributed by atoms with Crippen LogP contribution >= 0.6 is 0 Å². The Bertz CT molecular complexity index is 1350. The number of anilines is 1. The minimum atomic E-state index is -0.282. The summed E-state index contributed by atoms with van der Waals surface area (Å²) < 4.78 is 21.1. The molecule has 6 rings (SSSR count). The summed E-state index contributed by atoms with van der Waals surface area (Å²) in [5.74, 6) is 0.446. The Morgan fingerprint density at radius 2 is 1.97 bits per heavy atom. The van der Waals surface area contributed by atoms with Gasteiger partial charge in [-0.1, -0.05) is 0 Å². The molecule has 0 N–H and O–H groups in total. The lowest BCUT2D eigenvalue weighted by atomic mass is 10.0. The van der Waals surface area contributed by atoms with Crippen LogP contribution in [0.15, 0.2) is 55.0 Å². The van der Waals surface area contributed by atoms with Crippen LogP contribution in [0, 0.1) is 5.82 Å². The average molecular weight is 414 g/mol. The number of aryl methyl sites for hydroxylation is 1. The number of hydrogen-bond acceptors (Lipinski definition) is 4. The van der Waals surface area contributed by atoms with E-state index >= 15 is 0 Å². The number of aromatic nitrogens is 3. The molecule has 2 aromatic heterocycles. The van der Waals surface area contributed by atoms with E-state index in [1.807, 2.05) is 16.5 Å². The van der Waals surface area contributed by atoms with E-state index in [0.29, 0.717) is 24.5 Å². The highest BCUT2D eigenvalue weighted by molar-refractivity contribution is 6.05. The predicted molar refractivity (Wildman–Crippen MR) is 114 cm³/mol. The molecule has 0 radical (unpaired) electrons. The molecule has 0 bridgehead atoms. The lowest BCUT2D eigenvalue weighted by Gasteiger charge is -2.29. The van der Waals surface area contributed by atoms with Crippen molar-refractivity contribution in [3.63, 3.8) is 0 Å². The van der Waals surface area contributed by atoms with Crippen LogP contribution in [0.25, 0.3) is 16.9 Å². The number of halogens is 1. The number of hydrogen-bond donors (Lipinski definition) is 0. The molecule has 6 nitrogen and oxygen atoms in total. The van der Waals surface area contributed by atoms with Gasteiger partial charge in [0.2, 0.25) is 0 Å². The van der Waals surface area contributed by atoms with Crippen molar-refractivity contribution in [3.8, 4) is 17.0 Å². The first-order chi connectivity index (χ1) is 15.2. The second-order valence-electron chi connectivity index (χ2n) is 7.90. The number of fused-ring (bicyclic) bond motifs is 3.